The number of hydrogen-bond acceptors (Lipinski definition) is 9. The van der Waals surface area contributed by atoms with Crippen LogP contribution in [-0.4, -0.2) is 75.3 Å². The van der Waals surface area contributed by atoms with Crippen LogP contribution in [0.25, 0.3) is 0 Å². The summed E-state index contributed by atoms with van der Waals surface area (Å²) < 4.78 is 38.4. The van der Waals surface area contributed by atoms with Gasteiger partial charge >= 0.3 is 12.1 Å². The summed E-state index contributed by atoms with van der Waals surface area (Å²) in [6.45, 7) is 12.5. The molecular formula is C37H45NO8SSi. The summed E-state index contributed by atoms with van der Waals surface area (Å²) in [6, 6.07) is 28.0. The summed E-state index contributed by atoms with van der Waals surface area (Å²) in [7, 11) is -1.60. The molecule has 256 valence electrons. The minimum atomic E-state index is -2.94. The lowest BCUT2D eigenvalue weighted by molar-refractivity contribution is -0.202. The van der Waals surface area contributed by atoms with E-state index in [9.17, 15) is 9.59 Å². The van der Waals surface area contributed by atoms with Crippen molar-refractivity contribution < 1.29 is 37.7 Å². The Morgan fingerprint density at radius 2 is 1.52 bits per heavy atom. The summed E-state index contributed by atoms with van der Waals surface area (Å²) in [4.78, 5) is 25.7. The topological polar surface area (TPSA) is 102 Å². The van der Waals surface area contributed by atoms with Crippen molar-refractivity contribution in [3.05, 3.63) is 90.5 Å². The Hall–Kier alpha value is -3.19. The summed E-state index contributed by atoms with van der Waals surface area (Å²) in [5, 5.41) is 4.95. The lowest BCUT2D eigenvalue weighted by atomic mass is 9.90. The van der Waals surface area contributed by atoms with Crippen LogP contribution in [0.15, 0.2) is 89.8 Å². The maximum atomic E-state index is 13.7. The smallest absolute Gasteiger partial charge is 0.407 e. The molecule has 6 rings (SSSR count). The highest BCUT2D eigenvalue weighted by Crippen LogP contribution is 2.48. The number of alkyl carbamates (subject to hydrolysis) is 1. The van der Waals surface area contributed by atoms with Crippen LogP contribution in [0.1, 0.15) is 46.6 Å². The number of carbonyl (C=O) groups is 2. The minimum absolute atomic E-state index is 0.0956. The Bertz CT molecular complexity index is 1560. The van der Waals surface area contributed by atoms with Crippen molar-refractivity contribution >= 4 is 42.5 Å². The number of carbonyl (C=O) groups excluding carboxylic acids is 2. The molecule has 3 aliphatic rings. The van der Waals surface area contributed by atoms with Gasteiger partial charge in [-0.15, -0.1) is 0 Å². The molecule has 2 unspecified atom stereocenters. The van der Waals surface area contributed by atoms with Gasteiger partial charge in [0.25, 0.3) is 8.32 Å². The largest absolute Gasteiger partial charge is 0.466 e. The van der Waals surface area contributed by atoms with Crippen molar-refractivity contribution in [1.29, 1.82) is 0 Å². The van der Waals surface area contributed by atoms with E-state index in [1.807, 2.05) is 81.4 Å². The summed E-state index contributed by atoms with van der Waals surface area (Å²) in [5.41, 5.74) is 1.09. The first-order chi connectivity index (χ1) is 22.8. The number of esters is 1. The van der Waals surface area contributed by atoms with Gasteiger partial charge in [0.1, 0.15) is 24.4 Å². The fourth-order valence-corrected chi connectivity index (χ4v) is 13.0. The Morgan fingerprint density at radius 1 is 0.917 bits per heavy atom. The van der Waals surface area contributed by atoms with E-state index in [2.05, 4.69) is 50.4 Å². The first-order valence-electron chi connectivity index (χ1n) is 16.4. The van der Waals surface area contributed by atoms with Crippen LogP contribution in [0.5, 0.6) is 0 Å². The number of thioether (sulfide) groups is 1. The number of aryl methyl sites for hydroxylation is 1. The van der Waals surface area contributed by atoms with Crippen LogP contribution in [0, 0.1) is 6.92 Å². The monoisotopic (exact) mass is 691 g/mol. The van der Waals surface area contributed by atoms with Gasteiger partial charge in [0.15, 0.2) is 5.79 Å². The van der Waals surface area contributed by atoms with Gasteiger partial charge in [0, 0.05) is 11.3 Å². The Balaban J connectivity index is 1.38. The summed E-state index contributed by atoms with van der Waals surface area (Å²) in [6.07, 6.45) is -3.31. The average molecular weight is 692 g/mol. The molecule has 3 aromatic rings. The molecule has 3 aromatic carbocycles. The zero-order chi connectivity index (χ0) is 34.3. The van der Waals surface area contributed by atoms with Crippen LogP contribution in [-0.2, 0) is 32.9 Å². The number of hydrogen-bond donors (Lipinski definition) is 1. The lowest BCUT2D eigenvalue weighted by Crippen LogP contribution is -2.68. The Morgan fingerprint density at radius 3 is 2.08 bits per heavy atom. The highest BCUT2D eigenvalue weighted by Gasteiger charge is 2.62. The number of nitrogens with one attached hydrogen (secondary N) is 1. The minimum Gasteiger partial charge on any atom is -0.466 e. The van der Waals surface area contributed by atoms with E-state index in [4.69, 9.17) is 28.1 Å². The van der Waals surface area contributed by atoms with Crippen molar-refractivity contribution in [2.45, 2.75) is 99.1 Å². The average Bonchev–Trinajstić information content (AvgIpc) is 3.59. The van der Waals surface area contributed by atoms with Gasteiger partial charge in [-0.05, 0) is 48.3 Å². The molecule has 0 saturated carbocycles. The zero-order valence-corrected chi connectivity index (χ0v) is 30.4. The third-order valence-electron chi connectivity index (χ3n) is 9.32. The number of methoxy groups -OCH3 is 1. The third-order valence-corrected chi connectivity index (χ3v) is 15.6. The molecule has 3 heterocycles. The molecule has 0 aliphatic carbocycles. The molecule has 0 radical (unpaired) electrons. The van der Waals surface area contributed by atoms with Gasteiger partial charge in [0.05, 0.1) is 19.8 Å². The fourth-order valence-electron chi connectivity index (χ4n) is 7.24. The predicted molar refractivity (Wildman–Crippen MR) is 186 cm³/mol. The van der Waals surface area contributed by atoms with Crippen molar-refractivity contribution in [2.24, 2.45) is 0 Å². The molecule has 6 atom stereocenters. The number of benzene rings is 3. The maximum Gasteiger partial charge on any atom is 0.407 e. The van der Waals surface area contributed by atoms with E-state index in [-0.39, 0.29) is 18.1 Å². The molecule has 0 aromatic heterocycles. The normalized spacial score (nSPS) is 28.3. The Kier molecular flexibility index (Phi) is 9.58. The van der Waals surface area contributed by atoms with Crippen molar-refractivity contribution in [3.63, 3.8) is 0 Å². The molecule has 3 aliphatic heterocycles. The van der Waals surface area contributed by atoms with Crippen LogP contribution < -0.4 is 15.7 Å². The molecule has 3 fully saturated rings. The highest BCUT2D eigenvalue weighted by molar-refractivity contribution is 8.01. The number of fused-ring (bicyclic) bond motifs is 1. The van der Waals surface area contributed by atoms with Crippen LogP contribution in [0.2, 0.25) is 5.04 Å². The zero-order valence-electron chi connectivity index (χ0n) is 28.6. The van der Waals surface area contributed by atoms with E-state index >= 15 is 0 Å². The molecule has 1 amide bonds. The first-order valence-corrected chi connectivity index (χ1v) is 19.1. The Labute approximate surface area is 288 Å². The summed E-state index contributed by atoms with van der Waals surface area (Å²) in [5.74, 6) is -1.57. The summed E-state index contributed by atoms with van der Waals surface area (Å²) >= 11 is 1.25. The lowest BCUT2D eigenvalue weighted by Gasteiger charge is -2.46. The van der Waals surface area contributed by atoms with E-state index in [1.54, 1.807) is 0 Å². The van der Waals surface area contributed by atoms with Crippen LogP contribution >= 0.6 is 11.8 Å². The standard InChI is InChI=1S/C37H45NO8SSi/c1-24-18-20-25(21-19-24)47-37(33(39)41-7)22-28-30(38-34(40)43-28)32(46-37)31-29(44-36(5,6)45-31)23-42-48(35(2,3)4,26-14-10-8-11-15-26)27-16-12-9-13-17-27/h8-21,28-32H,22-23H2,1-7H3,(H,38,40)/t28-,29-,30?,31-,32-,37?/m1/s1. The van der Waals surface area contributed by atoms with E-state index < -0.39 is 61.6 Å². The highest BCUT2D eigenvalue weighted by atomic mass is 32.2. The van der Waals surface area contributed by atoms with Gasteiger partial charge in [-0.1, -0.05) is 111 Å². The maximum absolute atomic E-state index is 13.7. The quantitative estimate of drug-likeness (QED) is 0.236. The SMILES string of the molecule is COC(=O)C1(Sc2ccc(C)cc2)C[C@H]2OC(=O)NC2[C@H]([C@@H]2OC(C)(C)O[C@@H]2CO[Si](c2ccccc2)(c2ccccc2)C(C)(C)C)O1. The van der Waals surface area contributed by atoms with Gasteiger partial charge in [-0.3, -0.25) is 0 Å². The van der Waals surface area contributed by atoms with Crippen LogP contribution in [0.3, 0.4) is 0 Å². The second-order valence-electron chi connectivity index (χ2n) is 14.2. The number of rotatable bonds is 9. The van der Waals surface area contributed by atoms with Gasteiger partial charge in [-0.25, -0.2) is 9.59 Å². The first kappa shape index (κ1) is 34.7. The van der Waals surface area contributed by atoms with Crippen molar-refractivity contribution in [1.82, 2.24) is 5.32 Å². The second kappa shape index (κ2) is 13.3. The second-order valence-corrected chi connectivity index (χ2v) is 19.8. The van der Waals surface area contributed by atoms with Gasteiger partial charge in [-0.2, -0.15) is 0 Å². The van der Waals surface area contributed by atoms with Gasteiger partial charge < -0.3 is 33.4 Å². The number of ether oxygens (including phenoxy) is 5. The molecule has 11 heteroatoms. The van der Waals surface area contributed by atoms with E-state index in [0.717, 1.165) is 20.8 Å². The molecule has 0 bridgehead atoms. The third kappa shape index (κ3) is 6.56. The predicted octanol–water partition coefficient (Wildman–Crippen LogP) is 5.32. The van der Waals surface area contributed by atoms with Crippen molar-refractivity contribution in [3.8, 4) is 0 Å². The van der Waals surface area contributed by atoms with Crippen LogP contribution in [0.4, 0.5) is 4.79 Å². The fraction of sp³-hybridized carbons (Fsp3) is 0.459. The molecule has 9 nitrogen and oxygen atoms in total. The van der Waals surface area contributed by atoms with Gasteiger partial charge in [0.2, 0.25) is 4.93 Å². The van der Waals surface area contributed by atoms with Crippen molar-refractivity contribution in [2.75, 3.05) is 13.7 Å². The molecule has 3 saturated heterocycles. The molecule has 0 spiro atoms. The molecular weight excluding hydrogens is 647 g/mol. The molecule has 1 N–H and O–H groups in total. The molecule has 48 heavy (non-hydrogen) atoms. The van der Waals surface area contributed by atoms with E-state index in [0.29, 0.717) is 0 Å². The number of amides is 1. The van der Waals surface area contributed by atoms with E-state index in [1.165, 1.54) is 18.9 Å².